The van der Waals surface area contributed by atoms with Crippen molar-refractivity contribution in [2.45, 2.75) is 19.3 Å². The molecule has 4 nitrogen and oxygen atoms in total. The van der Waals surface area contributed by atoms with Gasteiger partial charge in [0.25, 0.3) is 0 Å². The molecular formula is C11H15ClN2O2. The predicted molar refractivity (Wildman–Crippen MR) is 63.8 cm³/mol. The van der Waals surface area contributed by atoms with Gasteiger partial charge in [-0.2, -0.15) is 0 Å². The lowest BCUT2D eigenvalue weighted by Crippen LogP contribution is -2.37. The number of pyridine rings is 1. The van der Waals surface area contributed by atoms with Gasteiger partial charge < -0.3 is 10.3 Å². The van der Waals surface area contributed by atoms with Crippen molar-refractivity contribution in [3.63, 3.8) is 0 Å². The Bertz CT molecular complexity index is 426. The van der Waals surface area contributed by atoms with Crippen LogP contribution in [0.4, 0.5) is 0 Å². The van der Waals surface area contributed by atoms with Crippen molar-refractivity contribution < 1.29 is 4.79 Å². The first-order valence-electron chi connectivity index (χ1n) is 4.97. The van der Waals surface area contributed by atoms with E-state index >= 15 is 0 Å². The molecule has 0 spiro atoms. The summed E-state index contributed by atoms with van der Waals surface area (Å²) < 4.78 is 0. The van der Waals surface area contributed by atoms with E-state index in [-0.39, 0.29) is 22.8 Å². The number of halogens is 1. The fourth-order valence-corrected chi connectivity index (χ4v) is 1.43. The molecule has 0 fully saturated rings. The summed E-state index contributed by atoms with van der Waals surface area (Å²) in [6.07, 6.45) is 1.60. The maximum absolute atomic E-state index is 11.2. The number of rotatable bonds is 4. The molecule has 0 aliphatic carbocycles. The molecule has 0 radical (unpaired) electrons. The Labute approximate surface area is 99.0 Å². The third kappa shape index (κ3) is 3.38. The molecule has 1 rings (SSSR count). The van der Waals surface area contributed by atoms with E-state index in [1.54, 1.807) is 6.20 Å². The molecule has 2 N–H and O–H groups in total. The monoisotopic (exact) mass is 242 g/mol. The van der Waals surface area contributed by atoms with Crippen LogP contribution in [0.3, 0.4) is 0 Å². The van der Waals surface area contributed by atoms with Gasteiger partial charge in [-0.25, -0.2) is 0 Å². The number of aromatic nitrogens is 1. The largest absolute Gasteiger partial charge is 0.354 e. The molecule has 5 heteroatoms. The number of alkyl halides is 1. The number of H-pyrrole nitrogens is 1. The molecule has 0 saturated carbocycles. The van der Waals surface area contributed by atoms with Crippen LogP contribution in [0.25, 0.3) is 0 Å². The lowest BCUT2D eigenvalue weighted by Gasteiger charge is -2.25. The molecule has 0 bridgehead atoms. The lowest BCUT2D eigenvalue weighted by atomic mass is 9.85. The van der Waals surface area contributed by atoms with Crippen LogP contribution in [0.5, 0.6) is 0 Å². The molecule has 0 saturated heterocycles. The number of nitrogens with one attached hydrogen (secondary N) is 2. The highest BCUT2D eigenvalue weighted by molar-refractivity contribution is 6.27. The summed E-state index contributed by atoms with van der Waals surface area (Å²) in [5.74, 6) is -0.259. The molecule has 16 heavy (non-hydrogen) atoms. The van der Waals surface area contributed by atoms with Crippen LogP contribution in [0, 0.1) is 0 Å². The molecule has 0 aromatic carbocycles. The lowest BCUT2D eigenvalue weighted by molar-refractivity contribution is -0.118. The first-order chi connectivity index (χ1) is 7.45. The minimum absolute atomic E-state index is 0.0501. The van der Waals surface area contributed by atoms with Crippen LogP contribution < -0.4 is 10.9 Å². The highest BCUT2D eigenvalue weighted by atomic mass is 35.5. The van der Waals surface area contributed by atoms with Gasteiger partial charge in [0.2, 0.25) is 11.5 Å². The number of aromatic amines is 1. The van der Waals surface area contributed by atoms with Crippen molar-refractivity contribution in [3.8, 4) is 0 Å². The van der Waals surface area contributed by atoms with E-state index in [2.05, 4.69) is 10.3 Å². The van der Waals surface area contributed by atoms with E-state index in [0.717, 1.165) is 5.56 Å². The van der Waals surface area contributed by atoms with Gasteiger partial charge in [-0.15, -0.1) is 11.6 Å². The van der Waals surface area contributed by atoms with Crippen molar-refractivity contribution in [1.82, 2.24) is 10.3 Å². The topological polar surface area (TPSA) is 62.0 Å². The summed E-state index contributed by atoms with van der Waals surface area (Å²) in [5.41, 5.74) is 0.441. The Hall–Kier alpha value is -1.29. The Balaban J connectivity index is 2.77. The van der Waals surface area contributed by atoms with Gasteiger partial charge in [-0.05, 0) is 11.6 Å². The van der Waals surface area contributed by atoms with Crippen molar-refractivity contribution >= 4 is 17.5 Å². The molecule has 1 amide bonds. The van der Waals surface area contributed by atoms with Gasteiger partial charge in [0, 0.05) is 24.2 Å². The average molecular weight is 243 g/mol. The molecule has 0 aliphatic rings. The summed E-state index contributed by atoms with van der Waals surface area (Å²) in [6, 6.07) is 3.36. The maximum atomic E-state index is 11.2. The van der Waals surface area contributed by atoms with Gasteiger partial charge in [0.15, 0.2) is 0 Å². The van der Waals surface area contributed by atoms with E-state index < -0.39 is 0 Å². The maximum Gasteiger partial charge on any atom is 0.248 e. The van der Waals surface area contributed by atoms with Crippen LogP contribution in [-0.2, 0) is 10.2 Å². The second kappa shape index (κ2) is 5.16. The third-order valence-electron chi connectivity index (χ3n) is 2.41. The zero-order valence-electron chi connectivity index (χ0n) is 9.34. The molecule has 0 unspecified atom stereocenters. The molecule has 1 aromatic rings. The third-order valence-corrected chi connectivity index (χ3v) is 2.65. The Morgan fingerprint density at radius 3 is 2.81 bits per heavy atom. The van der Waals surface area contributed by atoms with Crippen LogP contribution in [0.1, 0.15) is 19.4 Å². The number of carbonyl (C=O) groups excluding carboxylic acids is 1. The summed E-state index contributed by atoms with van der Waals surface area (Å²) in [6.45, 7) is 4.36. The van der Waals surface area contributed by atoms with E-state index in [0.29, 0.717) is 6.54 Å². The van der Waals surface area contributed by atoms with Crippen LogP contribution in [0.2, 0.25) is 0 Å². The van der Waals surface area contributed by atoms with Crippen LogP contribution >= 0.6 is 11.6 Å². The molecular weight excluding hydrogens is 228 g/mol. The number of amides is 1. The Morgan fingerprint density at radius 2 is 2.25 bits per heavy atom. The highest BCUT2D eigenvalue weighted by Gasteiger charge is 2.21. The normalized spacial score (nSPS) is 11.2. The number of carbonyl (C=O) groups is 1. The molecule has 1 aromatic heterocycles. The van der Waals surface area contributed by atoms with Crippen molar-refractivity contribution in [2.24, 2.45) is 0 Å². The quantitative estimate of drug-likeness (QED) is 0.774. The van der Waals surface area contributed by atoms with E-state index in [9.17, 15) is 9.59 Å². The SMILES string of the molecule is CC(C)(CNC(=O)CCl)c1cc[nH]c(=O)c1. The summed E-state index contributed by atoms with van der Waals surface area (Å²) in [4.78, 5) is 24.8. The van der Waals surface area contributed by atoms with Gasteiger partial charge >= 0.3 is 0 Å². The summed E-state index contributed by atoms with van der Waals surface area (Å²) >= 11 is 5.39. The summed E-state index contributed by atoms with van der Waals surface area (Å²) in [5, 5.41) is 2.71. The minimum atomic E-state index is -0.296. The molecule has 1 heterocycles. The first kappa shape index (κ1) is 12.8. The Kier molecular flexibility index (Phi) is 4.12. The van der Waals surface area contributed by atoms with Crippen molar-refractivity contribution in [3.05, 3.63) is 34.2 Å². The van der Waals surface area contributed by atoms with Gasteiger partial charge in [0.05, 0.1) is 0 Å². The summed E-state index contributed by atoms with van der Waals surface area (Å²) in [7, 11) is 0. The standard InChI is InChI=1S/C11H15ClN2O2/c1-11(2,7-14-10(16)6-12)8-3-4-13-9(15)5-8/h3-5H,6-7H2,1-2H3,(H,13,15)(H,14,16). The first-order valence-corrected chi connectivity index (χ1v) is 5.51. The average Bonchev–Trinajstić information content (AvgIpc) is 2.26. The molecule has 0 aliphatic heterocycles. The molecule has 88 valence electrons. The fourth-order valence-electron chi connectivity index (χ4n) is 1.33. The zero-order chi connectivity index (χ0) is 12.2. The fraction of sp³-hybridized carbons (Fsp3) is 0.455. The van der Waals surface area contributed by atoms with Gasteiger partial charge in [-0.1, -0.05) is 13.8 Å². The van der Waals surface area contributed by atoms with Gasteiger partial charge in [0.1, 0.15) is 5.88 Å². The second-order valence-corrected chi connectivity index (χ2v) is 4.50. The second-order valence-electron chi connectivity index (χ2n) is 4.24. The number of hydrogen-bond acceptors (Lipinski definition) is 2. The zero-order valence-corrected chi connectivity index (χ0v) is 10.1. The van der Waals surface area contributed by atoms with Gasteiger partial charge in [-0.3, -0.25) is 9.59 Å². The van der Waals surface area contributed by atoms with Crippen molar-refractivity contribution in [1.29, 1.82) is 0 Å². The molecule has 0 atom stereocenters. The van der Waals surface area contributed by atoms with Crippen LogP contribution in [-0.4, -0.2) is 23.3 Å². The minimum Gasteiger partial charge on any atom is -0.354 e. The van der Waals surface area contributed by atoms with Crippen LogP contribution in [0.15, 0.2) is 23.1 Å². The highest BCUT2D eigenvalue weighted by Crippen LogP contribution is 2.20. The van der Waals surface area contributed by atoms with E-state index in [1.165, 1.54) is 6.07 Å². The number of hydrogen-bond donors (Lipinski definition) is 2. The Morgan fingerprint density at radius 1 is 1.56 bits per heavy atom. The van der Waals surface area contributed by atoms with E-state index in [4.69, 9.17) is 11.6 Å². The predicted octanol–water partition coefficient (Wildman–Crippen LogP) is 1.01. The van der Waals surface area contributed by atoms with E-state index in [1.807, 2.05) is 19.9 Å². The van der Waals surface area contributed by atoms with Crippen molar-refractivity contribution in [2.75, 3.05) is 12.4 Å². The smallest absolute Gasteiger partial charge is 0.248 e.